The molecule has 1 fully saturated rings. The van der Waals surface area contributed by atoms with Crippen LogP contribution in [0, 0.1) is 6.92 Å². The molecule has 0 aliphatic carbocycles. The van der Waals surface area contributed by atoms with E-state index < -0.39 is 35.3 Å². The van der Waals surface area contributed by atoms with Crippen LogP contribution in [0.1, 0.15) is 22.3 Å². The first-order chi connectivity index (χ1) is 19.5. The molecule has 0 unspecified atom stereocenters. The average Bonchev–Trinajstić information content (AvgIpc) is 3.41. The number of ether oxygens (including phenoxy) is 1. The zero-order valence-corrected chi connectivity index (χ0v) is 22.8. The van der Waals surface area contributed by atoms with Gasteiger partial charge in [-0.15, -0.1) is 0 Å². The van der Waals surface area contributed by atoms with Gasteiger partial charge in [-0.3, -0.25) is 19.3 Å². The van der Waals surface area contributed by atoms with Crippen molar-refractivity contribution in [2.75, 3.05) is 19.0 Å². The fraction of sp³-hybridized carbons (Fsp3) is 0.167. The number of hydrogen-bond donors (Lipinski definition) is 1. The first kappa shape index (κ1) is 28.0. The van der Waals surface area contributed by atoms with Crippen LogP contribution in [-0.2, 0) is 22.3 Å². The fourth-order valence-electron chi connectivity index (χ4n) is 4.50. The highest BCUT2D eigenvalue weighted by Crippen LogP contribution is 2.36. The maximum absolute atomic E-state index is 13.2. The molecule has 0 bridgehead atoms. The Morgan fingerprint density at radius 2 is 1.78 bits per heavy atom. The maximum Gasteiger partial charge on any atom is 0.416 e. The largest absolute Gasteiger partial charge is 0.495 e. The van der Waals surface area contributed by atoms with Crippen LogP contribution >= 0.6 is 11.8 Å². The molecular formula is C30H24F3N3O4S. The lowest BCUT2D eigenvalue weighted by molar-refractivity contribution is -0.137. The molecule has 1 aromatic heterocycles. The molecule has 0 radical (unpaired) electrons. The van der Waals surface area contributed by atoms with E-state index in [1.165, 1.54) is 7.11 Å². The van der Waals surface area contributed by atoms with Gasteiger partial charge in [0.2, 0.25) is 5.91 Å². The third-order valence-corrected chi connectivity index (χ3v) is 7.46. The fourth-order valence-corrected chi connectivity index (χ4v) is 5.33. The second kappa shape index (κ2) is 11.2. The van der Waals surface area contributed by atoms with Gasteiger partial charge in [0.05, 0.1) is 23.3 Å². The standard InChI is InChI=1S/C30H24F3N3O4S/c1-18-7-9-19(10-8-18)15-35-16-20(22-5-3-4-6-24(22)35)13-26-28(38)36(29(39)41-26)17-27(37)34-23-14-21(30(31,32)33)11-12-25(23)40-2/h3-14,16H,15,17H2,1-2H3,(H,34,37)/b26-13-. The molecule has 1 N–H and O–H groups in total. The van der Waals surface area contributed by atoms with Crippen LogP contribution in [0.15, 0.2) is 77.8 Å². The smallest absolute Gasteiger partial charge is 0.416 e. The van der Waals surface area contributed by atoms with E-state index in [0.29, 0.717) is 18.3 Å². The van der Waals surface area contributed by atoms with Crippen molar-refractivity contribution in [3.05, 3.63) is 100 Å². The number of thioether (sulfide) groups is 1. The predicted octanol–water partition coefficient (Wildman–Crippen LogP) is 6.70. The summed E-state index contributed by atoms with van der Waals surface area (Å²) >= 11 is 0.698. The van der Waals surface area contributed by atoms with Crippen LogP contribution in [0.5, 0.6) is 5.75 Å². The minimum Gasteiger partial charge on any atom is -0.495 e. The number of para-hydroxylation sites is 1. The first-order valence-corrected chi connectivity index (χ1v) is 13.3. The van der Waals surface area contributed by atoms with Gasteiger partial charge in [-0.1, -0.05) is 48.0 Å². The molecule has 2 heterocycles. The molecule has 11 heteroatoms. The van der Waals surface area contributed by atoms with Crippen molar-refractivity contribution >= 4 is 51.5 Å². The molecule has 1 saturated heterocycles. The maximum atomic E-state index is 13.2. The number of amides is 3. The second-order valence-corrected chi connectivity index (χ2v) is 10.4. The molecule has 0 spiro atoms. The number of carbonyl (C=O) groups excluding carboxylic acids is 3. The van der Waals surface area contributed by atoms with Gasteiger partial charge in [0.25, 0.3) is 11.1 Å². The Kier molecular flexibility index (Phi) is 7.63. The van der Waals surface area contributed by atoms with Gasteiger partial charge in [0, 0.05) is 29.2 Å². The SMILES string of the molecule is COc1ccc(C(F)(F)F)cc1NC(=O)CN1C(=O)S/C(=C\c2cn(Cc3ccc(C)cc3)c3ccccc23)C1=O. The van der Waals surface area contributed by atoms with Crippen LogP contribution in [0.25, 0.3) is 17.0 Å². The number of nitrogens with zero attached hydrogens (tertiary/aromatic N) is 2. The summed E-state index contributed by atoms with van der Waals surface area (Å²) in [5, 5.41) is 2.55. The van der Waals surface area contributed by atoms with Crippen molar-refractivity contribution in [3.8, 4) is 5.75 Å². The summed E-state index contributed by atoms with van der Waals surface area (Å²) in [6.07, 6.45) is -1.11. The van der Waals surface area contributed by atoms with E-state index in [1.807, 2.05) is 49.5 Å². The number of aromatic nitrogens is 1. The van der Waals surface area contributed by atoms with Gasteiger partial charge in [0.1, 0.15) is 12.3 Å². The number of carbonyl (C=O) groups is 3. The summed E-state index contributed by atoms with van der Waals surface area (Å²) in [4.78, 5) is 39.4. The molecule has 7 nitrogen and oxygen atoms in total. The van der Waals surface area contributed by atoms with Gasteiger partial charge in [0.15, 0.2) is 0 Å². The van der Waals surface area contributed by atoms with Crippen LogP contribution in [0.3, 0.4) is 0 Å². The second-order valence-electron chi connectivity index (χ2n) is 9.44. The molecule has 0 atom stereocenters. The van der Waals surface area contributed by atoms with Crippen LogP contribution in [0.2, 0.25) is 0 Å². The number of methoxy groups -OCH3 is 1. The van der Waals surface area contributed by atoms with E-state index in [1.54, 1.807) is 6.08 Å². The molecule has 1 aliphatic rings. The molecule has 41 heavy (non-hydrogen) atoms. The molecule has 0 saturated carbocycles. The lowest BCUT2D eigenvalue weighted by atomic mass is 10.1. The molecule has 5 rings (SSSR count). The van der Waals surface area contributed by atoms with Crippen LogP contribution in [0.4, 0.5) is 23.7 Å². The van der Waals surface area contributed by atoms with Crippen molar-refractivity contribution in [1.82, 2.24) is 9.47 Å². The summed E-state index contributed by atoms with van der Waals surface area (Å²) < 4.78 is 46.6. The third-order valence-electron chi connectivity index (χ3n) is 6.56. The number of aryl methyl sites for hydroxylation is 1. The summed E-state index contributed by atoms with van der Waals surface area (Å²) in [5.74, 6) is -1.51. The van der Waals surface area contributed by atoms with Crippen LogP contribution < -0.4 is 10.1 Å². The van der Waals surface area contributed by atoms with E-state index >= 15 is 0 Å². The Bertz CT molecular complexity index is 1690. The third kappa shape index (κ3) is 5.99. The lowest BCUT2D eigenvalue weighted by Gasteiger charge is -2.16. The van der Waals surface area contributed by atoms with Gasteiger partial charge in [-0.05, 0) is 54.6 Å². The topological polar surface area (TPSA) is 80.6 Å². The summed E-state index contributed by atoms with van der Waals surface area (Å²) in [6.45, 7) is 1.96. The van der Waals surface area contributed by atoms with E-state index in [0.717, 1.165) is 50.7 Å². The van der Waals surface area contributed by atoms with Crippen molar-refractivity contribution < 1.29 is 32.3 Å². The van der Waals surface area contributed by atoms with Gasteiger partial charge < -0.3 is 14.6 Å². The lowest BCUT2D eigenvalue weighted by Crippen LogP contribution is -2.36. The average molecular weight is 580 g/mol. The quantitative estimate of drug-likeness (QED) is 0.247. The van der Waals surface area contributed by atoms with Crippen LogP contribution in [-0.4, -0.2) is 40.2 Å². The number of fused-ring (bicyclic) bond motifs is 1. The number of halogens is 3. The van der Waals surface area contributed by atoms with E-state index in [-0.39, 0.29) is 16.3 Å². The number of imide groups is 1. The summed E-state index contributed by atoms with van der Waals surface area (Å²) in [5.41, 5.74) is 2.74. The number of alkyl halides is 3. The molecule has 210 valence electrons. The highest BCUT2D eigenvalue weighted by Gasteiger charge is 2.37. The molecular weight excluding hydrogens is 555 g/mol. The number of benzene rings is 3. The Morgan fingerprint density at radius 1 is 1.05 bits per heavy atom. The molecule has 3 aromatic carbocycles. The Morgan fingerprint density at radius 3 is 2.49 bits per heavy atom. The van der Waals surface area contributed by atoms with E-state index in [9.17, 15) is 27.6 Å². The predicted molar refractivity (Wildman–Crippen MR) is 152 cm³/mol. The summed E-state index contributed by atoms with van der Waals surface area (Å²) in [6, 6.07) is 18.5. The highest BCUT2D eigenvalue weighted by molar-refractivity contribution is 8.18. The van der Waals surface area contributed by atoms with E-state index in [2.05, 4.69) is 22.0 Å². The Labute approximate surface area is 237 Å². The zero-order valence-electron chi connectivity index (χ0n) is 22.0. The van der Waals surface area contributed by atoms with Gasteiger partial charge >= 0.3 is 6.18 Å². The normalized spacial score (nSPS) is 14.8. The molecule has 4 aromatic rings. The number of anilines is 1. The van der Waals surface area contributed by atoms with Crippen molar-refractivity contribution in [1.29, 1.82) is 0 Å². The Hall–Kier alpha value is -4.51. The number of nitrogens with one attached hydrogen (secondary N) is 1. The number of hydrogen-bond acceptors (Lipinski definition) is 5. The molecule has 3 amide bonds. The van der Waals surface area contributed by atoms with Gasteiger partial charge in [-0.25, -0.2) is 0 Å². The Balaban J connectivity index is 1.36. The minimum atomic E-state index is -4.63. The van der Waals surface area contributed by atoms with Crippen molar-refractivity contribution in [2.24, 2.45) is 0 Å². The van der Waals surface area contributed by atoms with Crippen molar-refractivity contribution in [2.45, 2.75) is 19.6 Å². The summed E-state index contributed by atoms with van der Waals surface area (Å²) in [7, 11) is 1.25. The van der Waals surface area contributed by atoms with Crippen molar-refractivity contribution in [3.63, 3.8) is 0 Å². The first-order valence-electron chi connectivity index (χ1n) is 12.5. The number of rotatable bonds is 7. The zero-order chi connectivity index (χ0) is 29.3. The van der Waals surface area contributed by atoms with E-state index in [4.69, 9.17) is 4.74 Å². The molecule has 1 aliphatic heterocycles. The minimum absolute atomic E-state index is 0.00223. The van der Waals surface area contributed by atoms with Gasteiger partial charge in [-0.2, -0.15) is 13.2 Å². The highest BCUT2D eigenvalue weighted by atomic mass is 32.2. The monoisotopic (exact) mass is 579 g/mol.